The Balaban J connectivity index is 1.19. The molecular weight excluding hydrogens is 659 g/mol. The molecule has 0 unspecified atom stereocenters. The van der Waals surface area contributed by atoms with Crippen molar-refractivity contribution in [3.05, 3.63) is 83.5 Å². The van der Waals surface area contributed by atoms with Crippen molar-refractivity contribution in [1.82, 2.24) is 24.4 Å². The number of nitrogens with zero attached hydrogens (tertiary/aromatic N) is 5. The van der Waals surface area contributed by atoms with Gasteiger partial charge in [0.25, 0.3) is 0 Å². The summed E-state index contributed by atoms with van der Waals surface area (Å²) in [5.41, 5.74) is 1.48. The van der Waals surface area contributed by atoms with E-state index in [0.29, 0.717) is 52.0 Å². The summed E-state index contributed by atoms with van der Waals surface area (Å²) in [4.78, 5) is 9.28. The summed E-state index contributed by atoms with van der Waals surface area (Å²) in [6.07, 6.45) is 4.22. The molecule has 1 aliphatic carbocycles. The standard InChI is InChI=1S/C38H40ClFN6O4/c1-44-12-14-45(15-13-44)16-17-49-32-11-10-27-33(35(32)39)28-19-25(40)8-9-26(28)29-20-46-36(34(27)29)37(41-22-42-46)43-30(38(47)48)18-24-4-2-3-5-31(24)50-21-23-6-7-23/h2-5,8-11,19-20,22-23,30,38,47-48H,6-7,12-18,21H2,1H3,(H,41,42,43)/t30-/m1/s1. The topological polar surface area (TPSA) is 108 Å². The maximum atomic E-state index is 14.8. The third-order valence-electron chi connectivity index (χ3n) is 10.0. The zero-order valence-electron chi connectivity index (χ0n) is 27.9. The fourth-order valence-corrected chi connectivity index (χ4v) is 7.32. The van der Waals surface area contributed by atoms with Gasteiger partial charge in [0.15, 0.2) is 12.1 Å². The molecule has 50 heavy (non-hydrogen) atoms. The summed E-state index contributed by atoms with van der Waals surface area (Å²) < 4.78 is 28.9. The van der Waals surface area contributed by atoms with Crippen molar-refractivity contribution in [3.63, 3.8) is 0 Å². The average molecular weight is 699 g/mol. The normalized spacial score (nSPS) is 16.6. The Bertz CT molecular complexity index is 2180. The Morgan fingerprint density at radius 3 is 2.54 bits per heavy atom. The van der Waals surface area contributed by atoms with E-state index in [-0.39, 0.29) is 12.2 Å². The van der Waals surface area contributed by atoms with Gasteiger partial charge in [-0.1, -0.05) is 35.9 Å². The number of likely N-dealkylation sites (N-methyl/N-ethyl adjacent to an activating group) is 1. The van der Waals surface area contributed by atoms with Crippen LogP contribution in [-0.4, -0.2) is 99.9 Å². The lowest BCUT2D eigenvalue weighted by Gasteiger charge is -2.32. The Morgan fingerprint density at radius 1 is 0.940 bits per heavy atom. The van der Waals surface area contributed by atoms with E-state index in [1.54, 1.807) is 10.6 Å². The van der Waals surface area contributed by atoms with Crippen molar-refractivity contribution in [2.24, 2.45) is 5.92 Å². The molecule has 8 rings (SSSR count). The summed E-state index contributed by atoms with van der Waals surface area (Å²) in [5, 5.41) is 33.9. The van der Waals surface area contributed by atoms with E-state index in [1.165, 1.54) is 31.3 Å². The summed E-state index contributed by atoms with van der Waals surface area (Å²) in [6, 6.07) is 15.4. The quantitative estimate of drug-likeness (QED) is 0.109. The molecule has 2 aromatic heterocycles. The maximum Gasteiger partial charge on any atom is 0.172 e. The smallest absolute Gasteiger partial charge is 0.172 e. The molecule has 0 amide bonds. The number of nitrogens with one attached hydrogen (secondary N) is 1. The van der Waals surface area contributed by atoms with E-state index >= 15 is 0 Å². The first-order valence-corrected chi connectivity index (χ1v) is 17.6. The highest BCUT2D eigenvalue weighted by atomic mass is 35.5. The first-order valence-electron chi connectivity index (χ1n) is 17.2. The predicted octanol–water partition coefficient (Wildman–Crippen LogP) is 5.73. The molecule has 1 saturated carbocycles. The van der Waals surface area contributed by atoms with Crippen molar-refractivity contribution in [2.75, 3.05) is 58.3 Å². The maximum absolute atomic E-state index is 14.8. The zero-order valence-corrected chi connectivity index (χ0v) is 28.6. The van der Waals surface area contributed by atoms with Crippen LogP contribution in [0.15, 0.2) is 67.1 Å². The number of halogens is 2. The Morgan fingerprint density at radius 2 is 1.74 bits per heavy atom. The number of aliphatic hydroxyl groups is 2. The summed E-state index contributed by atoms with van der Waals surface area (Å²) in [7, 11) is 2.13. The van der Waals surface area contributed by atoms with E-state index in [2.05, 4.69) is 32.2 Å². The lowest BCUT2D eigenvalue weighted by atomic mass is 9.95. The minimum atomic E-state index is -1.71. The van der Waals surface area contributed by atoms with Crippen LogP contribution in [0.1, 0.15) is 18.4 Å². The zero-order chi connectivity index (χ0) is 34.4. The fourth-order valence-electron chi connectivity index (χ4n) is 7.00. The fraction of sp³-hybridized carbons (Fsp3) is 0.368. The monoisotopic (exact) mass is 698 g/mol. The highest BCUT2D eigenvalue weighted by Crippen LogP contribution is 2.45. The average Bonchev–Trinajstić information content (AvgIpc) is 3.86. The number of para-hydroxylation sites is 1. The van der Waals surface area contributed by atoms with Crippen LogP contribution in [0.4, 0.5) is 10.2 Å². The van der Waals surface area contributed by atoms with E-state index in [1.807, 2.05) is 42.6 Å². The second-order valence-corrected chi connectivity index (χ2v) is 13.9. The van der Waals surface area contributed by atoms with E-state index in [0.717, 1.165) is 65.6 Å². The lowest BCUT2D eigenvalue weighted by Crippen LogP contribution is -2.45. The van der Waals surface area contributed by atoms with Gasteiger partial charge in [-0.15, -0.1) is 0 Å². The minimum Gasteiger partial charge on any atom is -0.493 e. The van der Waals surface area contributed by atoms with Gasteiger partial charge in [-0.2, -0.15) is 5.10 Å². The molecule has 0 radical (unpaired) electrons. The van der Waals surface area contributed by atoms with Crippen LogP contribution in [0.3, 0.4) is 0 Å². The van der Waals surface area contributed by atoms with Crippen molar-refractivity contribution >= 4 is 55.3 Å². The number of anilines is 1. The number of aromatic nitrogens is 3. The molecule has 3 N–H and O–H groups in total. The molecular formula is C38H40ClFN6O4. The molecule has 2 aliphatic rings. The molecule has 6 aromatic rings. The van der Waals surface area contributed by atoms with Crippen LogP contribution in [0.5, 0.6) is 11.5 Å². The molecule has 1 atom stereocenters. The predicted molar refractivity (Wildman–Crippen MR) is 194 cm³/mol. The highest BCUT2D eigenvalue weighted by Gasteiger charge is 2.26. The first-order chi connectivity index (χ1) is 24.3. The molecule has 260 valence electrons. The van der Waals surface area contributed by atoms with E-state index < -0.39 is 12.3 Å². The van der Waals surface area contributed by atoms with Gasteiger partial charge in [-0.3, -0.25) is 4.90 Å². The third-order valence-corrected chi connectivity index (χ3v) is 10.4. The number of rotatable bonds is 12. The van der Waals surface area contributed by atoms with E-state index in [9.17, 15) is 14.6 Å². The van der Waals surface area contributed by atoms with Gasteiger partial charge >= 0.3 is 0 Å². The van der Waals surface area contributed by atoms with Crippen LogP contribution >= 0.6 is 11.6 Å². The van der Waals surface area contributed by atoms with Crippen LogP contribution in [0.2, 0.25) is 5.02 Å². The van der Waals surface area contributed by atoms with Crippen molar-refractivity contribution < 1.29 is 24.1 Å². The SMILES string of the molecule is CN1CCN(CCOc2ccc3c(c2Cl)c2cc(F)ccc2c2cn4ncnc(N[C@H](Cc5ccccc5OCC5CC5)C(O)O)c4c23)CC1. The summed E-state index contributed by atoms with van der Waals surface area (Å²) in [6.45, 7) is 5.93. The van der Waals surface area contributed by atoms with Gasteiger partial charge in [0, 0.05) is 61.5 Å². The van der Waals surface area contributed by atoms with Gasteiger partial charge in [0.05, 0.1) is 17.7 Å². The molecule has 1 aliphatic heterocycles. The lowest BCUT2D eigenvalue weighted by molar-refractivity contribution is -0.0529. The Labute approximate surface area is 294 Å². The molecule has 2 fully saturated rings. The molecule has 0 bridgehead atoms. The number of hydrogen-bond acceptors (Lipinski definition) is 9. The Kier molecular flexibility index (Phi) is 9.09. The van der Waals surface area contributed by atoms with Crippen molar-refractivity contribution in [1.29, 1.82) is 0 Å². The van der Waals surface area contributed by atoms with Gasteiger partial charge in [-0.25, -0.2) is 13.9 Å². The van der Waals surface area contributed by atoms with Crippen LogP contribution in [-0.2, 0) is 6.42 Å². The molecule has 3 heterocycles. The third kappa shape index (κ3) is 6.52. The number of piperazine rings is 1. The van der Waals surface area contributed by atoms with Gasteiger partial charge < -0.3 is 29.9 Å². The van der Waals surface area contributed by atoms with Crippen LogP contribution in [0, 0.1) is 11.7 Å². The molecule has 0 spiro atoms. The van der Waals surface area contributed by atoms with Gasteiger partial charge in [0.1, 0.15) is 35.8 Å². The molecule has 1 saturated heterocycles. The molecule has 4 aromatic carbocycles. The number of fused-ring (bicyclic) bond motifs is 8. The summed E-state index contributed by atoms with van der Waals surface area (Å²) >= 11 is 7.15. The van der Waals surface area contributed by atoms with E-state index in [4.69, 9.17) is 21.1 Å². The van der Waals surface area contributed by atoms with Gasteiger partial charge in [0.2, 0.25) is 0 Å². The van der Waals surface area contributed by atoms with Gasteiger partial charge in [-0.05, 0) is 77.9 Å². The molecule has 10 nitrogen and oxygen atoms in total. The number of hydrogen-bond donors (Lipinski definition) is 3. The number of aliphatic hydroxyl groups excluding tert-OH is 1. The largest absolute Gasteiger partial charge is 0.493 e. The molecule has 12 heteroatoms. The minimum absolute atomic E-state index is 0.275. The highest BCUT2D eigenvalue weighted by molar-refractivity contribution is 6.42. The second kappa shape index (κ2) is 13.8. The van der Waals surface area contributed by atoms with Crippen LogP contribution < -0.4 is 14.8 Å². The summed E-state index contributed by atoms with van der Waals surface area (Å²) in [5.74, 6) is 1.88. The van der Waals surface area contributed by atoms with Crippen LogP contribution in [0.25, 0.3) is 37.8 Å². The number of ether oxygens (including phenoxy) is 2. The second-order valence-electron chi connectivity index (χ2n) is 13.5. The number of benzene rings is 4. The Hall–Kier alpha value is -4.26. The van der Waals surface area contributed by atoms with Crippen molar-refractivity contribution in [2.45, 2.75) is 31.6 Å². The first kappa shape index (κ1) is 32.9. The van der Waals surface area contributed by atoms with Crippen molar-refractivity contribution in [3.8, 4) is 11.5 Å².